The zero-order chi connectivity index (χ0) is 10.5. The van der Waals surface area contributed by atoms with Crippen molar-refractivity contribution >= 4 is 5.91 Å². The van der Waals surface area contributed by atoms with E-state index in [0.717, 1.165) is 19.3 Å². The van der Waals surface area contributed by atoms with Crippen LogP contribution in [0.4, 0.5) is 0 Å². The lowest BCUT2D eigenvalue weighted by Gasteiger charge is -2.32. The summed E-state index contributed by atoms with van der Waals surface area (Å²) in [7, 11) is 0. The molecule has 0 aromatic rings. The number of amides is 1. The van der Waals surface area contributed by atoms with Crippen molar-refractivity contribution in [3.63, 3.8) is 0 Å². The van der Waals surface area contributed by atoms with Crippen molar-refractivity contribution in [3.05, 3.63) is 0 Å². The van der Waals surface area contributed by atoms with Gasteiger partial charge >= 0.3 is 0 Å². The molecule has 3 nitrogen and oxygen atoms in total. The third-order valence-electron chi connectivity index (χ3n) is 2.83. The van der Waals surface area contributed by atoms with Gasteiger partial charge in [0.05, 0.1) is 6.04 Å². The number of carbonyl (C=O) groups excluding carboxylic acids is 1. The lowest BCUT2D eigenvalue weighted by atomic mass is 9.89. The molecule has 0 aromatic heterocycles. The molecule has 0 spiro atoms. The molecule has 0 aromatic carbocycles. The first-order chi connectivity index (χ1) is 6.01. The second-order valence-corrected chi connectivity index (χ2v) is 3.62. The third-order valence-corrected chi connectivity index (χ3v) is 2.83. The molecule has 3 N–H and O–H groups in total. The first-order valence-electron chi connectivity index (χ1n) is 5.09. The van der Waals surface area contributed by atoms with E-state index < -0.39 is 6.04 Å². The molecule has 0 aliphatic rings. The van der Waals surface area contributed by atoms with Crippen LogP contribution in [0.3, 0.4) is 0 Å². The molecule has 0 saturated carbocycles. The van der Waals surface area contributed by atoms with Gasteiger partial charge in [0.1, 0.15) is 0 Å². The smallest absolute Gasteiger partial charge is 0.237 e. The van der Waals surface area contributed by atoms with Crippen molar-refractivity contribution in [1.29, 1.82) is 0 Å². The molecule has 0 bridgehead atoms. The summed E-state index contributed by atoms with van der Waals surface area (Å²) < 4.78 is 0. The van der Waals surface area contributed by atoms with E-state index in [1.807, 2.05) is 0 Å². The summed E-state index contributed by atoms with van der Waals surface area (Å²) in [6.45, 7) is 7.98. The minimum absolute atomic E-state index is 0.0504. The van der Waals surface area contributed by atoms with Gasteiger partial charge in [-0.25, -0.2) is 0 Å². The Morgan fingerprint density at radius 3 is 1.92 bits per heavy atom. The second kappa shape index (κ2) is 5.22. The summed E-state index contributed by atoms with van der Waals surface area (Å²) in [6.07, 6.45) is 2.87. The van der Waals surface area contributed by atoms with E-state index in [1.54, 1.807) is 6.92 Å². The molecule has 0 saturated heterocycles. The van der Waals surface area contributed by atoms with Crippen molar-refractivity contribution in [2.75, 3.05) is 0 Å². The summed E-state index contributed by atoms with van der Waals surface area (Å²) in [4.78, 5) is 11.4. The highest BCUT2D eigenvalue weighted by Gasteiger charge is 2.26. The molecule has 0 aliphatic carbocycles. The predicted molar refractivity (Wildman–Crippen MR) is 55.4 cm³/mol. The fraction of sp³-hybridized carbons (Fsp3) is 0.900. The fourth-order valence-corrected chi connectivity index (χ4v) is 1.39. The highest BCUT2D eigenvalue weighted by molar-refractivity contribution is 5.81. The maximum atomic E-state index is 11.4. The molecule has 1 atom stereocenters. The van der Waals surface area contributed by atoms with E-state index in [1.165, 1.54) is 0 Å². The Morgan fingerprint density at radius 1 is 1.31 bits per heavy atom. The molecule has 0 aliphatic heterocycles. The van der Waals surface area contributed by atoms with E-state index in [9.17, 15) is 4.79 Å². The third kappa shape index (κ3) is 3.35. The Kier molecular flexibility index (Phi) is 4.99. The number of nitrogens with one attached hydrogen (secondary N) is 1. The summed E-state index contributed by atoms with van der Waals surface area (Å²) in [5.74, 6) is -0.0504. The zero-order valence-corrected chi connectivity index (χ0v) is 9.18. The minimum atomic E-state index is -0.413. The van der Waals surface area contributed by atoms with Gasteiger partial charge in [0, 0.05) is 5.54 Å². The molecule has 0 radical (unpaired) electrons. The largest absolute Gasteiger partial charge is 0.349 e. The second-order valence-electron chi connectivity index (χ2n) is 3.62. The molecule has 1 amide bonds. The molecule has 0 rings (SSSR count). The Hall–Kier alpha value is -0.570. The van der Waals surface area contributed by atoms with E-state index >= 15 is 0 Å². The Balaban J connectivity index is 4.33. The van der Waals surface area contributed by atoms with Gasteiger partial charge in [-0.15, -0.1) is 0 Å². The highest BCUT2D eigenvalue weighted by Crippen LogP contribution is 2.18. The van der Waals surface area contributed by atoms with E-state index in [4.69, 9.17) is 5.73 Å². The van der Waals surface area contributed by atoms with Crippen LogP contribution in [0.15, 0.2) is 0 Å². The zero-order valence-electron chi connectivity index (χ0n) is 9.18. The molecule has 0 heterocycles. The minimum Gasteiger partial charge on any atom is -0.349 e. The molecule has 0 fully saturated rings. The van der Waals surface area contributed by atoms with Gasteiger partial charge in [-0.2, -0.15) is 0 Å². The summed E-state index contributed by atoms with van der Waals surface area (Å²) in [6, 6.07) is -0.413. The van der Waals surface area contributed by atoms with Gasteiger partial charge in [-0.3, -0.25) is 4.79 Å². The van der Waals surface area contributed by atoms with Crippen LogP contribution in [0.5, 0.6) is 0 Å². The van der Waals surface area contributed by atoms with Gasteiger partial charge in [-0.05, 0) is 26.2 Å². The van der Waals surface area contributed by atoms with Gasteiger partial charge in [0.25, 0.3) is 0 Å². The van der Waals surface area contributed by atoms with Crippen molar-refractivity contribution in [1.82, 2.24) is 5.32 Å². The molecule has 3 heteroatoms. The van der Waals surface area contributed by atoms with E-state index in [-0.39, 0.29) is 11.4 Å². The van der Waals surface area contributed by atoms with Crippen molar-refractivity contribution in [2.45, 2.75) is 58.5 Å². The Labute approximate surface area is 81.1 Å². The number of rotatable bonds is 5. The van der Waals surface area contributed by atoms with Crippen LogP contribution in [0.1, 0.15) is 47.0 Å². The predicted octanol–water partition coefficient (Wildman–Crippen LogP) is 1.42. The van der Waals surface area contributed by atoms with E-state index in [2.05, 4.69) is 26.1 Å². The number of hydrogen-bond acceptors (Lipinski definition) is 2. The first kappa shape index (κ1) is 12.4. The van der Waals surface area contributed by atoms with Crippen LogP contribution in [-0.2, 0) is 4.79 Å². The standard InChI is InChI=1S/C10H22N2O/c1-5-10(6-2,7-3)12-9(13)8(4)11/h8H,5-7,11H2,1-4H3,(H,12,13)/t8-/m0/s1. The fourth-order valence-electron chi connectivity index (χ4n) is 1.39. The maximum Gasteiger partial charge on any atom is 0.237 e. The van der Waals surface area contributed by atoms with Gasteiger partial charge in [0.2, 0.25) is 5.91 Å². The Morgan fingerprint density at radius 2 is 1.69 bits per heavy atom. The average Bonchev–Trinajstić information content (AvgIpc) is 2.14. The summed E-state index contributed by atoms with van der Waals surface area (Å²) >= 11 is 0. The van der Waals surface area contributed by atoms with Crippen LogP contribution in [0, 0.1) is 0 Å². The van der Waals surface area contributed by atoms with Crippen molar-refractivity contribution in [2.24, 2.45) is 5.73 Å². The lowest BCUT2D eigenvalue weighted by molar-refractivity contribution is -0.124. The first-order valence-corrected chi connectivity index (χ1v) is 5.09. The SMILES string of the molecule is CCC(CC)(CC)NC(=O)[C@H](C)N. The molecular weight excluding hydrogens is 164 g/mol. The molecular formula is C10H22N2O. The number of carbonyl (C=O) groups is 1. The summed E-state index contributed by atoms with van der Waals surface area (Å²) in [5, 5.41) is 3.02. The number of hydrogen-bond donors (Lipinski definition) is 2. The topological polar surface area (TPSA) is 55.1 Å². The van der Waals surface area contributed by atoms with Crippen LogP contribution >= 0.6 is 0 Å². The quantitative estimate of drug-likeness (QED) is 0.682. The van der Waals surface area contributed by atoms with Gasteiger partial charge < -0.3 is 11.1 Å². The van der Waals surface area contributed by atoms with Crippen LogP contribution in [-0.4, -0.2) is 17.5 Å². The van der Waals surface area contributed by atoms with Crippen LogP contribution < -0.4 is 11.1 Å². The van der Waals surface area contributed by atoms with Crippen LogP contribution in [0.25, 0.3) is 0 Å². The number of nitrogens with two attached hydrogens (primary N) is 1. The van der Waals surface area contributed by atoms with Crippen LogP contribution in [0.2, 0.25) is 0 Å². The molecule has 0 unspecified atom stereocenters. The van der Waals surface area contributed by atoms with Crippen molar-refractivity contribution < 1.29 is 4.79 Å². The van der Waals surface area contributed by atoms with Gasteiger partial charge in [-0.1, -0.05) is 20.8 Å². The maximum absolute atomic E-state index is 11.4. The molecule has 13 heavy (non-hydrogen) atoms. The molecule has 78 valence electrons. The average molecular weight is 186 g/mol. The monoisotopic (exact) mass is 186 g/mol. The summed E-state index contributed by atoms with van der Waals surface area (Å²) in [5.41, 5.74) is 5.44. The van der Waals surface area contributed by atoms with E-state index in [0.29, 0.717) is 0 Å². The van der Waals surface area contributed by atoms with Crippen molar-refractivity contribution in [3.8, 4) is 0 Å². The lowest BCUT2D eigenvalue weighted by Crippen LogP contribution is -2.52. The highest BCUT2D eigenvalue weighted by atomic mass is 16.2. The van der Waals surface area contributed by atoms with Gasteiger partial charge in [0.15, 0.2) is 0 Å². The Bertz CT molecular complexity index is 154. The normalized spacial score (nSPS) is 13.9.